The lowest BCUT2D eigenvalue weighted by Crippen LogP contribution is -2.26. The standard InChI is InChI=1S/C8H18O2S2/c1-3-4-11-5-6-12-7-8(2,9)10/h9-10H,3-7H2,1-2H3. The molecule has 0 unspecified atom stereocenters. The molecule has 4 heteroatoms. The van der Waals surface area contributed by atoms with Crippen LogP contribution in [0.2, 0.25) is 0 Å². The summed E-state index contributed by atoms with van der Waals surface area (Å²) >= 11 is 3.51. The van der Waals surface area contributed by atoms with Gasteiger partial charge in [0.25, 0.3) is 0 Å². The Morgan fingerprint density at radius 3 is 2.17 bits per heavy atom. The first-order chi connectivity index (χ1) is 5.56. The van der Waals surface area contributed by atoms with Gasteiger partial charge >= 0.3 is 0 Å². The van der Waals surface area contributed by atoms with E-state index < -0.39 is 5.79 Å². The Morgan fingerprint density at radius 1 is 1.08 bits per heavy atom. The third kappa shape index (κ3) is 10.6. The van der Waals surface area contributed by atoms with Gasteiger partial charge in [0.15, 0.2) is 5.79 Å². The predicted octanol–water partition coefficient (Wildman–Crippen LogP) is 1.56. The van der Waals surface area contributed by atoms with Crippen LogP contribution >= 0.6 is 23.5 Å². The number of thioether (sulfide) groups is 2. The Hall–Kier alpha value is 0.620. The minimum atomic E-state index is -1.50. The zero-order chi connectivity index (χ0) is 9.45. The molecular weight excluding hydrogens is 192 g/mol. The van der Waals surface area contributed by atoms with Gasteiger partial charge in [-0.05, 0) is 19.1 Å². The Kier molecular flexibility index (Phi) is 7.43. The van der Waals surface area contributed by atoms with Crippen molar-refractivity contribution in [1.29, 1.82) is 0 Å². The molecule has 0 bridgehead atoms. The summed E-state index contributed by atoms with van der Waals surface area (Å²) in [6, 6.07) is 0. The summed E-state index contributed by atoms with van der Waals surface area (Å²) in [5, 5.41) is 17.9. The molecule has 74 valence electrons. The minimum Gasteiger partial charge on any atom is -0.365 e. The van der Waals surface area contributed by atoms with E-state index in [9.17, 15) is 0 Å². The summed E-state index contributed by atoms with van der Waals surface area (Å²) in [4.78, 5) is 0. The smallest absolute Gasteiger partial charge is 0.168 e. The molecule has 0 rings (SSSR count). The molecule has 0 aliphatic rings. The quantitative estimate of drug-likeness (QED) is 0.494. The predicted molar refractivity (Wildman–Crippen MR) is 57.8 cm³/mol. The van der Waals surface area contributed by atoms with Crippen LogP contribution in [0.5, 0.6) is 0 Å². The molecule has 0 amide bonds. The molecule has 0 atom stereocenters. The summed E-state index contributed by atoms with van der Waals surface area (Å²) in [6.45, 7) is 3.58. The third-order valence-electron chi connectivity index (χ3n) is 1.10. The molecule has 0 radical (unpaired) electrons. The zero-order valence-corrected chi connectivity index (χ0v) is 9.38. The van der Waals surface area contributed by atoms with Crippen LogP contribution in [0.4, 0.5) is 0 Å². The van der Waals surface area contributed by atoms with E-state index in [0.717, 1.165) is 11.5 Å². The second-order valence-electron chi connectivity index (χ2n) is 2.88. The maximum absolute atomic E-state index is 8.95. The van der Waals surface area contributed by atoms with Crippen molar-refractivity contribution in [3.63, 3.8) is 0 Å². The van der Waals surface area contributed by atoms with Crippen LogP contribution in [0, 0.1) is 0 Å². The molecule has 0 fully saturated rings. The van der Waals surface area contributed by atoms with Crippen LogP contribution in [0.25, 0.3) is 0 Å². The van der Waals surface area contributed by atoms with Gasteiger partial charge in [0.2, 0.25) is 0 Å². The van der Waals surface area contributed by atoms with Crippen LogP contribution in [-0.2, 0) is 0 Å². The molecule has 2 N–H and O–H groups in total. The lowest BCUT2D eigenvalue weighted by atomic mass is 10.4. The van der Waals surface area contributed by atoms with Crippen molar-refractivity contribution in [3.8, 4) is 0 Å². The summed E-state index contributed by atoms with van der Waals surface area (Å²) in [5.74, 6) is 2.21. The molecule has 0 aliphatic carbocycles. The van der Waals surface area contributed by atoms with Crippen LogP contribution in [-0.4, -0.2) is 39.0 Å². The average Bonchev–Trinajstić information content (AvgIpc) is 1.94. The van der Waals surface area contributed by atoms with Gasteiger partial charge in [-0.1, -0.05) is 6.92 Å². The highest BCUT2D eigenvalue weighted by Crippen LogP contribution is 2.12. The van der Waals surface area contributed by atoms with Crippen molar-refractivity contribution in [2.75, 3.05) is 23.0 Å². The van der Waals surface area contributed by atoms with E-state index in [1.54, 1.807) is 11.8 Å². The molecule has 0 aromatic rings. The van der Waals surface area contributed by atoms with Crippen molar-refractivity contribution in [2.45, 2.75) is 26.1 Å². The van der Waals surface area contributed by atoms with E-state index in [1.165, 1.54) is 19.1 Å². The molecular formula is C8H18O2S2. The Morgan fingerprint density at radius 2 is 1.67 bits per heavy atom. The van der Waals surface area contributed by atoms with Crippen molar-refractivity contribution >= 4 is 23.5 Å². The van der Waals surface area contributed by atoms with E-state index in [1.807, 2.05) is 11.8 Å². The fourth-order valence-corrected chi connectivity index (χ4v) is 2.60. The number of hydrogen-bond donors (Lipinski definition) is 2. The van der Waals surface area contributed by atoms with Crippen LogP contribution in [0.3, 0.4) is 0 Å². The Balaban J connectivity index is 3.01. The number of hydrogen-bond acceptors (Lipinski definition) is 4. The van der Waals surface area contributed by atoms with E-state index in [4.69, 9.17) is 10.2 Å². The van der Waals surface area contributed by atoms with Crippen LogP contribution < -0.4 is 0 Å². The molecule has 0 heterocycles. The minimum absolute atomic E-state index is 0.402. The van der Waals surface area contributed by atoms with Crippen molar-refractivity contribution < 1.29 is 10.2 Å². The van der Waals surface area contributed by atoms with Gasteiger partial charge in [-0.25, -0.2) is 0 Å². The van der Waals surface area contributed by atoms with Gasteiger partial charge in [-0.2, -0.15) is 23.5 Å². The first-order valence-electron chi connectivity index (χ1n) is 4.16. The lowest BCUT2D eigenvalue weighted by molar-refractivity contribution is -0.123. The van der Waals surface area contributed by atoms with Gasteiger partial charge in [0.1, 0.15) is 0 Å². The van der Waals surface area contributed by atoms with Crippen molar-refractivity contribution in [2.24, 2.45) is 0 Å². The van der Waals surface area contributed by atoms with Gasteiger partial charge in [-0.15, -0.1) is 0 Å². The Labute approximate surface area is 83.1 Å². The third-order valence-corrected chi connectivity index (χ3v) is 3.79. The fraction of sp³-hybridized carbons (Fsp3) is 1.00. The van der Waals surface area contributed by atoms with Crippen LogP contribution in [0.15, 0.2) is 0 Å². The topological polar surface area (TPSA) is 40.5 Å². The average molecular weight is 210 g/mol. The molecule has 0 spiro atoms. The first-order valence-corrected chi connectivity index (χ1v) is 6.47. The summed E-state index contributed by atoms with van der Waals surface area (Å²) in [6.07, 6.45) is 1.22. The van der Waals surface area contributed by atoms with E-state index in [0.29, 0.717) is 5.75 Å². The van der Waals surface area contributed by atoms with Gasteiger partial charge in [0, 0.05) is 17.3 Å². The number of rotatable bonds is 7. The zero-order valence-electron chi connectivity index (χ0n) is 7.75. The first kappa shape index (κ1) is 12.6. The van der Waals surface area contributed by atoms with E-state index >= 15 is 0 Å². The van der Waals surface area contributed by atoms with E-state index in [2.05, 4.69) is 6.92 Å². The fourth-order valence-electron chi connectivity index (χ4n) is 0.630. The Bertz CT molecular complexity index is 102. The SMILES string of the molecule is CCCSCCSCC(C)(O)O. The molecule has 0 saturated carbocycles. The van der Waals surface area contributed by atoms with E-state index in [-0.39, 0.29) is 0 Å². The summed E-state index contributed by atoms with van der Waals surface area (Å²) < 4.78 is 0. The second-order valence-corrected chi connectivity index (χ2v) is 5.21. The molecule has 0 aromatic carbocycles. The summed E-state index contributed by atoms with van der Waals surface area (Å²) in [7, 11) is 0. The van der Waals surface area contributed by atoms with Gasteiger partial charge in [0.05, 0.1) is 0 Å². The highest BCUT2D eigenvalue weighted by Gasteiger charge is 2.13. The largest absolute Gasteiger partial charge is 0.365 e. The molecule has 2 nitrogen and oxygen atoms in total. The molecule has 0 aromatic heterocycles. The van der Waals surface area contributed by atoms with Crippen LogP contribution in [0.1, 0.15) is 20.3 Å². The molecule has 0 aliphatic heterocycles. The maximum atomic E-state index is 8.95. The lowest BCUT2D eigenvalue weighted by Gasteiger charge is -2.14. The molecule has 12 heavy (non-hydrogen) atoms. The summed E-state index contributed by atoms with van der Waals surface area (Å²) in [5.41, 5.74) is 0. The highest BCUT2D eigenvalue weighted by molar-refractivity contribution is 8.02. The highest BCUT2D eigenvalue weighted by atomic mass is 32.2. The molecule has 0 saturated heterocycles. The second kappa shape index (κ2) is 7.06. The number of aliphatic hydroxyl groups is 2. The van der Waals surface area contributed by atoms with Crippen molar-refractivity contribution in [1.82, 2.24) is 0 Å². The van der Waals surface area contributed by atoms with Gasteiger partial charge < -0.3 is 10.2 Å². The maximum Gasteiger partial charge on any atom is 0.168 e. The normalized spacial score (nSPS) is 12.0. The monoisotopic (exact) mass is 210 g/mol. The van der Waals surface area contributed by atoms with Crippen molar-refractivity contribution in [3.05, 3.63) is 0 Å². The van der Waals surface area contributed by atoms with Gasteiger partial charge in [-0.3, -0.25) is 0 Å².